The maximum atomic E-state index is 14.2. The molecule has 8 heterocycles. The highest BCUT2D eigenvalue weighted by atomic mass is 32.2. The maximum absolute atomic E-state index is 14.2. The van der Waals surface area contributed by atoms with Crippen molar-refractivity contribution in [3.05, 3.63) is 73.1 Å². The van der Waals surface area contributed by atoms with Crippen LogP contribution >= 0.6 is 0 Å². The molecule has 18 heteroatoms. The molecule has 6 aromatic heterocycles. The number of nitrogens with one attached hydrogen (secondary N) is 2. The van der Waals surface area contributed by atoms with Crippen LogP contribution in [-0.4, -0.2) is 116 Å². The summed E-state index contributed by atoms with van der Waals surface area (Å²) in [6.45, 7) is 9.03. The molecule has 16 nitrogen and oxygen atoms in total. The van der Waals surface area contributed by atoms with Crippen LogP contribution in [0.1, 0.15) is 58.6 Å². The SMILES string of the molecule is Cc1ccc(-c2cnc3[nH]ccc3n2)c(N(C2CCCN(S(=O)(=O)CC(C)(C)C)C2)N(c2ncccc2-c2cnc3[nH]ccc3n2)C2CCCN(S(C)(=O)=O)CC2)n1. The second kappa shape index (κ2) is 15.6. The number of nitrogens with zero attached hydrogens (tertiary/aromatic N) is 10. The molecular weight excluding hydrogens is 777 g/mol. The largest absolute Gasteiger partial charge is 0.345 e. The van der Waals surface area contributed by atoms with Crippen LogP contribution in [0.2, 0.25) is 0 Å². The van der Waals surface area contributed by atoms with E-state index in [1.54, 1.807) is 39.6 Å². The van der Waals surface area contributed by atoms with Crippen LogP contribution in [0.5, 0.6) is 0 Å². The lowest BCUT2D eigenvalue weighted by molar-refractivity contribution is 0.290. The minimum Gasteiger partial charge on any atom is -0.345 e. The Labute approximate surface area is 339 Å². The summed E-state index contributed by atoms with van der Waals surface area (Å²) in [4.78, 5) is 36.0. The molecule has 2 aliphatic heterocycles. The minimum absolute atomic E-state index is 0.00525. The average molecular weight is 827 g/mol. The van der Waals surface area contributed by atoms with Gasteiger partial charge in [-0.1, -0.05) is 20.8 Å². The quantitative estimate of drug-likeness (QED) is 0.164. The number of rotatable bonds is 10. The average Bonchev–Trinajstić information content (AvgIpc) is 3.78. The molecule has 2 saturated heterocycles. The lowest BCUT2D eigenvalue weighted by atomic mass is 10.0. The Morgan fingerprint density at radius 2 is 1.33 bits per heavy atom. The fourth-order valence-electron chi connectivity index (χ4n) is 8.16. The summed E-state index contributed by atoms with van der Waals surface area (Å²) in [5.41, 5.74) is 5.63. The van der Waals surface area contributed by atoms with Crippen LogP contribution in [-0.2, 0) is 20.0 Å². The van der Waals surface area contributed by atoms with Crippen molar-refractivity contribution in [1.29, 1.82) is 0 Å². The van der Waals surface area contributed by atoms with Crippen molar-refractivity contribution in [3.63, 3.8) is 0 Å². The molecule has 306 valence electrons. The van der Waals surface area contributed by atoms with E-state index < -0.39 is 31.5 Å². The number of pyridine rings is 2. The predicted octanol–water partition coefficient (Wildman–Crippen LogP) is 5.54. The zero-order chi connectivity index (χ0) is 40.8. The van der Waals surface area contributed by atoms with Gasteiger partial charge in [0.15, 0.2) is 22.9 Å². The normalized spacial score (nSPS) is 19.1. The number of hydrogen-bond donors (Lipinski definition) is 2. The number of piperidine rings is 1. The van der Waals surface area contributed by atoms with Crippen LogP contribution in [0.4, 0.5) is 11.6 Å². The summed E-state index contributed by atoms with van der Waals surface area (Å²) in [7, 11) is -7.12. The van der Waals surface area contributed by atoms with Crippen molar-refractivity contribution in [3.8, 4) is 22.5 Å². The van der Waals surface area contributed by atoms with Gasteiger partial charge in [0, 0.05) is 61.6 Å². The number of aryl methyl sites for hydroxylation is 1. The molecule has 6 aromatic rings. The third-order valence-electron chi connectivity index (χ3n) is 10.7. The number of sulfonamides is 2. The highest BCUT2D eigenvalue weighted by Gasteiger charge is 2.41. The molecule has 0 bridgehead atoms. The van der Waals surface area contributed by atoms with Gasteiger partial charge in [-0.05, 0) is 80.8 Å². The van der Waals surface area contributed by atoms with Crippen molar-refractivity contribution in [2.24, 2.45) is 5.41 Å². The number of anilines is 2. The Hall–Kier alpha value is -5.04. The lowest BCUT2D eigenvalue weighted by Crippen LogP contribution is -2.60. The van der Waals surface area contributed by atoms with E-state index in [9.17, 15) is 16.8 Å². The fourth-order valence-corrected chi connectivity index (χ4v) is 11.1. The van der Waals surface area contributed by atoms with Gasteiger partial charge in [-0.2, -0.15) is 4.31 Å². The van der Waals surface area contributed by atoms with Gasteiger partial charge in [-0.3, -0.25) is 10.0 Å². The number of fused-ring (bicyclic) bond motifs is 2. The van der Waals surface area contributed by atoms with Crippen LogP contribution in [0.15, 0.2) is 67.4 Å². The number of aromatic nitrogens is 8. The highest BCUT2D eigenvalue weighted by molar-refractivity contribution is 7.89. The van der Waals surface area contributed by atoms with Gasteiger partial charge in [0.2, 0.25) is 20.0 Å². The van der Waals surface area contributed by atoms with Crippen molar-refractivity contribution in [1.82, 2.24) is 48.5 Å². The molecule has 2 N–H and O–H groups in total. The van der Waals surface area contributed by atoms with E-state index in [2.05, 4.69) is 30.0 Å². The van der Waals surface area contributed by atoms with Gasteiger partial charge in [-0.15, -0.1) is 0 Å². The molecular formula is C40H50N12O4S2. The molecule has 0 amide bonds. The molecule has 2 atom stereocenters. The molecule has 2 fully saturated rings. The van der Waals surface area contributed by atoms with Crippen LogP contribution in [0.25, 0.3) is 44.8 Å². The van der Waals surface area contributed by atoms with Crippen molar-refractivity contribution in [2.45, 2.75) is 71.9 Å². The van der Waals surface area contributed by atoms with E-state index >= 15 is 0 Å². The predicted molar refractivity (Wildman–Crippen MR) is 226 cm³/mol. The Morgan fingerprint density at radius 3 is 1.97 bits per heavy atom. The minimum atomic E-state index is -3.66. The van der Waals surface area contributed by atoms with Crippen LogP contribution < -0.4 is 10.0 Å². The Bertz CT molecular complexity index is 2660. The molecule has 2 aliphatic rings. The van der Waals surface area contributed by atoms with Crippen molar-refractivity contribution in [2.75, 3.05) is 48.2 Å². The second-order valence-corrected chi connectivity index (χ2v) is 20.5. The molecule has 0 saturated carbocycles. The van der Waals surface area contributed by atoms with Gasteiger partial charge in [0.1, 0.15) is 11.0 Å². The highest BCUT2D eigenvalue weighted by Crippen LogP contribution is 2.40. The number of aromatic amines is 2. The molecule has 0 aliphatic carbocycles. The first-order valence-electron chi connectivity index (χ1n) is 19.7. The van der Waals surface area contributed by atoms with E-state index in [1.807, 2.05) is 64.1 Å². The van der Waals surface area contributed by atoms with E-state index in [1.165, 1.54) is 6.26 Å². The second-order valence-electron chi connectivity index (χ2n) is 16.5. The molecule has 0 radical (unpaired) electrons. The van der Waals surface area contributed by atoms with E-state index in [-0.39, 0.29) is 18.3 Å². The number of H-pyrrole nitrogens is 2. The topological polar surface area (TPSA) is 190 Å². The third kappa shape index (κ3) is 8.28. The van der Waals surface area contributed by atoms with Crippen molar-refractivity contribution >= 4 is 54.0 Å². The van der Waals surface area contributed by atoms with Crippen LogP contribution in [0.3, 0.4) is 0 Å². The summed E-state index contributed by atoms with van der Waals surface area (Å²) in [5, 5.41) is 4.29. The summed E-state index contributed by atoms with van der Waals surface area (Å²) in [6, 6.07) is 10.8. The Balaban J connectivity index is 1.36. The van der Waals surface area contributed by atoms with Gasteiger partial charge in [0.05, 0.1) is 47.9 Å². The zero-order valence-electron chi connectivity index (χ0n) is 33.5. The Kier molecular flexibility index (Phi) is 10.7. The smallest absolute Gasteiger partial charge is 0.214 e. The summed E-state index contributed by atoms with van der Waals surface area (Å²) < 4.78 is 57.4. The molecule has 0 spiro atoms. The monoisotopic (exact) mass is 826 g/mol. The molecule has 2 unspecified atom stereocenters. The summed E-state index contributed by atoms with van der Waals surface area (Å²) in [5.74, 6) is 1.14. The fraction of sp³-hybridized carbons (Fsp3) is 0.450. The Morgan fingerprint density at radius 1 is 0.724 bits per heavy atom. The van der Waals surface area contributed by atoms with E-state index in [4.69, 9.17) is 19.9 Å². The zero-order valence-corrected chi connectivity index (χ0v) is 35.1. The van der Waals surface area contributed by atoms with Gasteiger partial charge < -0.3 is 9.97 Å². The number of hydrogen-bond acceptors (Lipinski definition) is 12. The first kappa shape index (κ1) is 39.8. The first-order valence-corrected chi connectivity index (χ1v) is 23.2. The number of hydrazine groups is 1. The summed E-state index contributed by atoms with van der Waals surface area (Å²) >= 11 is 0. The third-order valence-corrected chi connectivity index (χ3v) is 14.4. The van der Waals surface area contributed by atoms with Gasteiger partial charge >= 0.3 is 0 Å². The maximum Gasteiger partial charge on any atom is 0.214 e. The van der Waals surface area contributed by atoms with E-state index in [0.717, 1.165) is 5.69 Å². The first-order chi connectivity index (χ1) is 27.6. The van der Waals surface area contributed by atoms with Gasteiger partial charge in [-0.25, -0.2) is 51.0 Å². The standard InChI is InChI=1S/C40H50N12O4S2/c1-27-12-13-31(35-24-45-37-33(48-35)15-19-42-37)39(46-27)52(29-10-8-21-50(25-29)58(55,56)26-40(2,3)4)51(28-9-7-20-49(22-16-28)57(5,53)54)38-30(11-6-17-43-38)34-23-44-36-32(47-34)14-18-41-36/h6,11-15,17-19,23-24,28-29H,7-10,16,20-22,25-26H2,1-5H3,(H,41,44)(H,42,45). The van der Waals surface area contributed by atoms with Gasteiger partial charge in [0.25, 0.3) is 0 Å². The molecule has 0 aromatic carbocycles. The molecule has 8 rings (SSSR count). The molecule has 58 heavy (non-hydrogen) atoms. The van der Waals surface area contributed by atoms with Crippen molar-refractivity contribution < 1.29 is 16.8 Å². The summed E-state index contributed by atoms with van der Waals surface area (Å²) in [6.07, 6.45) is 13.0. The lowest BCUT2D eigenvalue weighted by Gasteiger charge is -2.49. The van der Waals surface area contributed by atoms with E-state index in [0.29, 0.717) is 108 Å². The van der Waals surface area contributed by atoms with Crippen LogP contribution in [0, 0.1) is 12.3 Å².